The summed E-state index contributed by atoms with van der Waals surface area (Å²) in [6, 6.07) is 0. The quantitative estimate of drug-likeness (QED) is 0.0261. The van der Waals surface area contributed by atoms with Crippen molar-refractivity contribution in [1.82, 2.24) is 0 Å². The molecule has 1 unspecified atom stereocenters. The van der Waals surface area contributed by atoms with Gasteiger partial charge in [0.05, 0.1) is 0 Å². The minimum absolute atomic E-state index is 0.0924. The van der Waals surface area contributed by atoms with E-state index in [0.717, 1.165) is 122 Å². The summed E-state index contributed by atoms with van der Waals surface area (Å²) in [6.07, 6.45) is 80.1. The molecule has 420 valence electrons. The van der Waals surface area contributed by atoms with E-state index >= 15 is 0 Å². The van der Waals surface area contributed by atoms with Crippen molar-refractivity contribution in [2.75, 3.05) is 13.2 Å². The zero-order valence-corrected chi connectivity index (χ0v) is 48.1. The first-order valence-corrected chi connectivity index (χ1v) is 31.1. The summed E-state index contributed by atoms with van der Waals surface area (Å²) in [4.78, 5) is 38.3. The van der Waals surface area contributed by atoms with Crippen LogP contribution in [0.25, 0.3) is 0 Å². The highest BCUT2D eigenvalue weighted by molar-refractivity contribution is 5.71. The summed E-state index contributed by atoms with van der Waals surface area (Å²) >= 11 is 0. The average molecular weight is 1020 g/mol. The van der Waals surface area contributed by atoms with Gasteiger partial charge in [-0.3, -0.25) is 14.4 Å². The van der Waals surface area contributed by atoms with Crippen LogP contribution in [0.3, 0.4) is 0 Å². The molecule has 0 rings (SSSR count). The molecule has 6 nitrogen and oxygen atoms in total. The summed E-state index contributed by atoms with van der Waals surface area (Å²) in [5.74, 6) is -0.928. The van der Waals surface area contributed by atoms with Crippen molar-refractivity contribution in [2.45, 2.75) is 309 Å². The highest BCUT2D eigenvalue weighted by Crippen LogP contribution is 2.17. The summed E-state index contributed by atoms with van der Waals surface area (Å²) in [6.45, 7) is 6.49. The molecule has 1 atom stereocenters. The van der Waals surface area contributed by atoms with Gasteiger partial charge in [-0.1, -0.05) is 273 Å². The zero-order chi connectivity index (χ0) is 52.9. The van der Waals surface area contributed by atoms with Gasteiger partial charge in [-0.05, 0) is 96.3 Å². The van der Waals surface area contributed by atoms with Gasteiger partial charge in [0.1, 0.15) is 13.2 Å². The normalized spacial score (nSPS) is 12.6. The largest absolute Gasteiger partial charge is 0.462 e. The molecule has 73 heavy (non-hydrogen) atoms. The van der Waals surface area contributed by atoms with Gasteiger partial charge in [0.15, 0.2) is 6.10 Å². The molecule has 0 aromatic rings. The number of rotatable bonds is 56. The van der Waals surface area contributed by atoms with Gasteiger partial charge >= 0.3 is 17.9 Å². The lowest BCUT2D eigenvalue weighted by atomic mass is 10.0. The van der Waals surface area contributed by atoms with E-state index in [1.807, 2.05) is 0 Å². The minimum Gasteiger partial charge on any atom is -0.462 e. The second kappa shape index (κ2) is 61.1. The Morgan fingerprint density at radius 3 is 0.877 bits per heavy atom. The lowest BCUT2D eigenvalue weighted by molar-refractivity contribution is -0.167. The number of carbonyl (C=O) groups is 3. The Balaban J connectivity index is 4.41. The van der Waals surface area contributed by atoms with Crippen molar-refractivity contribution in [3.63, 3.8) is 0 Å². The van der Waals surface area contributed by atoms with Gasteiger partial charge in [-0.25, -0.2) is 0 Å². The molecule has 0 aromatic carbocycles. The molecular formula is C67H116O6. The Hall–Kier alpha value is -3.41. The van der Waals surface area contributed by atoms with E-state index in [1.165, 1.54) is 141 Å². The van der Waals surface area contributed by atoms with Gasteiger partial charge in [0, 0.05) is 19.3 Å². The smallest absolute Gasteiger partial charge is 0.306 e. The van der Waals surface area contributed by atoms with E-state index in [9.17, 15) is 14.4 Å². The average Bonchev–Trinajstić information content (AvgIpc) is 3.39. The Kier molecular flexibility index (Phi) is 58.3. The summed E-state index contributed by atoms with van der Waals surface area (Å²) in [5, 5.41) is 0. The van der Waals surface area contributed by atoms with Crippen molar-refractivity contribution >= 4 is 17.9 Å². The van der Waals surface area contributed by atoms with Gasteiger partial charge in [-0.15, -0.1) is 0 Å². The van der Waals surface area contributed by atoms with E-state index in [0.29, 0.717) is 12.8 Å². The van der Waals surface area contributed by atoms with Gasteiger partial charge in [0.25, 0.3) is 0 Å². The van der Waals surface area contributed by atoms with Gasteiger partial charge in [0.2, 0.25) is 0 Å². The summed E-state index contributed by atoms with van der Waals surface area (Å²) in [5.41, 5.74) is 0. The number of unbranched alkanes of at least 4 members (excludes halogenated alkanes) is 31. The van der Waals surface area contributed by atoms with Crippen LogP contribution in [0.1, 0.15) is 303 Å². The third-order valence-electron chi connectivity index (χ3n) is 13.4. The molecule has 0 amide bonds. The Bertz CT molecular complexity index is 1400. The van der Waals surface area contributed by atoms with Crippen molar-refractivity contribution in [3.05, 3.63) is 85.1 Å². The van der Waals surface area contributed by atoms with E-state index in [1.54, 1.807) is 0 Å². The van der Waals surface area contributed by atoms with Crippen LogP contribution in [0.15, 0.2) is 85.1 Å². The molecule has 0 spiro atoms. The number of carbonyl (C=O) groups excluding carboxylic acids is 3. The molecule has 6 heteroatoms. The molecule has 0 aromatic heterocycles. The van der Waals surface area contributed by atoms with Crippen LogP contribution in [0.4, 0.5) is 0 Å². The molecular weight excluding hydrogens is 901 g/mol. The van der Waals surface area contributed by atoms with Crippen molar-refractivity contribution in [3.8, 4) is 0 Å². The highest BCUT2D eigenvalue weighted by atomic mass is 16.6. The van der Waals surface area contributed by atoms with E-state index < -0.39 is 6.10 Å². The number of esters is 3. The Labute approximate surface area is 452 Å². The monoisotopic (exact) mass is 1020 g/mol. The SMILES string of the molecule is CC/C=C\C/C=C\C/C=C\C/C=C\C/C=C\CCCCCC(=O)OC(COC(=O)CCCCCCC/C=C\C/C=C\CCCCC)COC(=O)CCCCCCCCCCCCCCCCCCCCCCC. The van der Waals surface area contributed by atoms with E-state index in [-0.39, 0.29) is 37.5 Å². The molecule has 0 bridgehead atoms. The molecule has 0 saturated carbocycles. The highest BCUT2D eigenvalue weighted by Gasteiger charge is 2.19. The topological polar surface area (TPSA) is 78.9 Å². The maximum Gasteiger partial charge on any atom is 0.306 e. The van der Waals surface area contributed by atoms with Crippen LogP contribution in [-0.2, 0) is 28.6 Å². The van der Waals surface area contributed by atoms with Crippen LogP contribution in [0.5, 0.6) is 0 Å². The third kappa shape index (κ3) is 59.3. The van der Waals surface area contributed by atoms with Crippen molar-refractivity contribution in [1.29, 1.82) is 0 Å². The molecule has 0 radical (unpaired) electrons. The van der Waals surface area contributed by atoms with Crippen LogP contribution in [0, 0.1) is 0 Å². The lowest BCUT2D eigenvalue weighted by Gasteiger charge is -2.18. The van der Waals surface area contributed by atoms with Crippen LogP contribution < -0.4 is 0 Å². The van der Waals surface area contributed by atoms with Gasteiger partial charge < -0.3 is 14.2 Å². The molecule has 0 saturated heterocycles. The predicted molar refractivity (Wildman–Crippen MR) is 316 cm³/mol. The number of hydrogen-bond acceptors (Lipinski definition) is 6. The first-order valence-electron chi connectivity index (χ1n) is 31.1. The molecule has 0 aliphatic rings. The first-order chi connectivity index (χ1) is 36.0. The third-order valence-corrected chi connectivity index (χ3v) is 13.4. The van der Waals surface area contributed by atoms with Gasteiger partial charge in [-0.2, -0.15) is 0 Å². The number of hydrogen-bond donors (Lipinski definition) is 0. The fourth-order valence-electron chi connectivity index (χ4n) is 8.74. The fourth-order valence-corrected chi connectivity index (χ4v) is 8.74. The Morgan fingerprint density at radius 1 is 0.288 bits per heavy atom. The summed E-state index contributed by atoms with van der Waals surface area (Å²) < 4.78 is 16.9. The minimum atomic E-state index is -0.800. The molecule has 0 aliphatic heterocycles. The zero-order valence-electron chi connectivity index (χ0n) is 48.1. The standard InChI is InChI=1S/C67H116O6/c1-4-7-10-13-16-19-22-25-28-30-32-33-35-36-39-42-45-48-51-54-57-60-66(69)72-63-64(62-71-65(68)59-56-53-50-47-44-41-38-27-24-21-18-15-12-9-6-3)73-67(70)61-58-55-52-49-46-43-40-37-34-31-29-26-23-20-17-14-11-8-5-2/h8,11,17-18,20-21,26-27,29,34,37-38,43,46,64H,4-7,9-10,12-16,19,22-25,28,30-33,35-36,39-42,44-45,47-63H2,1-3H3/b11-8-,20-17-,21-18-,29-26-,37-34-,38-27-,46-43-. The molecule has 0 N–H and O–H groups in total. The van der Waals surface area contributed by atoms with Crippen LogP contribution in [0.2, 0.25) is 0 Å². The fraction of sp³-hybridized carbons (Fsp3) is 0.746. The predicted octanol–water partition coefficient (Wildman–Crippen LogP) is 21.1. The maximum atomic E-state index is 12.9. The summed E-state index contributed by atoms with van der Waals surface area (Å²) in [7, 11) is 0. The van der Waals surface area contributed by atoms with Crippen molar-refractivity contribution < 1.29 is 28.6 Å². The molecule has 0 heterocycles. The first kappa shape index (κ1) is 69.6. The van der Waals surface area contributed by atoms with E-state index in [2.05, 4.69) is 106 Å². The molecule has 0 aliphatic carbocycles. The molecule has 0 fully saturated rings. The van der Waals surface area contributed by atoms with E-state index in [4.69, 9.17) is 14.2 Å². The Morgan fingerprint density at radius 2 is 0.534 bits per heavy atom. The van der Waals surface area contributed by atoms with Crippen LogP contribution >= 0.6 is 0 Å². The maximum absolute atomic E-state index is 12.9. The second-order valence-electron chi connectivity index (χ2n) is 20.6. The number of ether oxygens (including phenoxy) is 3. The number of allylic oxidation sites excluding steroid dienone is 14. The lowest BCUT2D eigenvalue weighted by Crippen LogP contribution is -2.30. The second-order valence-corrected chi connectivity index (χ2v) is 20.6. The van der Waals surface area contributed by atoms with Crippen molar-refractivity contribution in [2.24, 2.45) is 0 Å². The van der Waals surface area contributed by atoms with Crippen LogP contribution in [-0.4, -0.2) is 37.2 Å².